The van der Waals surface area contributed by atoms with Crippen LogP contribution in [0.3, 0.4) is 0 Å². The van der Waals surface area contributed by atoms with Crippen molar-refractivity contribution < 1.29 is 4.92 Å². The number of nitrogens with one attached hydrogen (secondary N) is 1. The van der Waals surface area contributed by atoms with Crippen LogP contribution < -0.4 is 5.32 Å². The number of rotatable bonds is 7. The molecule has 0 radical (unpaired) electrons. The molecule has 2 aromatic rings. The van der Waals surface area contributed by atoms with Crippen LogP contribution in [0, 0.1) is 10.1 Å². The van der Waals surface area contributed by atoms with E-state index in [9.17, 15) is 10.1 Å². The van der Waals surface area contributed by atoms with Crippen molar-refractivity contribution in [2.75, 3.05) is 19.6 Å². The molecule has 1 aliphatic rings. The summed E-state index contributed by atoms with van der Waals surface area (Å²) in [6, 6.07) is 18.1. The van der Waals surface area contributed by atoms with Gasteiger partial charge in [-0.05, 0) is 44.5 Å². The fourth-order valence-corrected chi connectivity index (χ4v) is 3.45. The molecule has 0 amide bonds. The standard InChI is InChI=1S/C20H25N3O2.2ClH/c24-23(25)20-9-5-4-8-18(20)10-13-21-19-11-14-22(15-12-19)16-17-6-2-1-3-7-17;;/h1-9,19,21H,10-16H2;2*1H. The van der Waals surface area contributed by atoms with Gasteiger partial charge in [0.05, 0.1) is 4.92 Å². The molecule has 0 bridgehead atoms. The maximum absolute atomic E-state index is 11.1. The summed E-state index contributed by atoms with van der Waals surface area (Å²) in [5.41, 5.74) is 2.40. The number of hydrogen-bond acceptors (Lipinski definition) is 4. The Morgan fingerprint density at radius 3 is 2.30 bits per heavy atom. The van der Waals surface area contributed by atoms with E-state index >= 15 is 0 Å². The van der Waals surface area contributed by atoms with Gasteiger partial charge in [0.2, 0.25) is 0 Å². The Hall–Kier alpha value is -1.66. The molecule has 0 saturated carbocycles. The minimum atomic E-state index is -0.294. The molecule has 27 heavy (non-hydrogen) atoms. The average Bonchev–Trinajstić information content (AvgIpc) is 2.64. The Labute approximate surface area is 173 Å². The highest BCUT2D eigenvalue weighted by Gasteiger charge is 2.19. The highest BCUT2D eigenvalue weighted by molar-refractivity contribution is 5.85. The summed E-state index contributed by atoms with van der Waals surface area (Å²) < 4.78 is 0. The van der Waals surface area contributed by atoms with Gasteiger partial charge >= 0.3 is 0 Å². The number of nitrogens with zero attached hydrogens (tertiary/aromatic N) is 2. The van der Waals surface area contributed by atoms with Crippen molar-refractivity contribution >= 4 is 30.5 Å². The van der Waals surface area contributed by atoms with Gasteiger partial charge in [-0.3, -0.25) is 15.0 Å². The molecular formula is C20H27Cl2N3O2. The van der Waals surface area contributed by atoms with Crippen molar-refractivity contribution in [3.05, 3.63) is 75.8 Å². The molecule has 0 aromatic heterocycles. The van der Waals surface area contributed by atoms with E-state index in [4.69, 9.17) is 0 Å². The van der Waals surface area contributed by atoms with Crippen LogP contribution in [0.5, 0.6) is 0 Å². The second kappa shape index (κ2) is 11.9. The molecule has 1 N–H and O–H groups in total. The number of nitro groups is 1. The van der Waals surface area contributed by atoms with Crippen LogP contribution in [-0.4, -0.2) is 35.5 Å². The van der Waals surface area contributed by atoms with E-state index in [-0.39, 0.29) is 35.4 Å². The van der Waals surface area contributed by atoms with Crippen LogP contribution in [-0.2, 0) is 13.0 Å². The van der Waals surface area contributed by atoms with Crippen LogP contribution >= 0.6 is 24.8 Å². The molecule has 5 nitrogen and oxygen atoms in total. The van der Waals surface area contributed by atoms with Crippen LogP contribution in [0.2, 0.25) is 0 Å². The lowest BCUT2D eigenvalue weighted by atomic mass is 10.0. The Morgan fingerprint density at radius 2 is 1.63 bits per heavy atom. The molecule has 7 heteroatoms. The number of likely N-dealkylation sites (tertiary alicyclic amines) is 1. The van der Waals surface area contributed by atoms with Gasteiger partial charge in [0, 0.05) is 24.2 Å². The molecule has 1 saturated heterocycles. The van der Waals surface area contributed by atoms with Gasteiger partial charge in [0.1, 0.15) is 0 Å². The van der Waals surface area contributed by atoms with E-state index in [1.807, 2.05) is 12.1 Å². The molecule has 3 rings (SSSR count). The summed E-state index contributed by atoms with van der Waals surface area (Å²) in [6.45, 7) is 3.99. The van der Waals surface area contributed by atoms with Crippen LogP contribution in [0.4, 0.5) is 5.69 Å². The van der Waals surface area contributed by atoms with E-state index < -0.39 is 0 Å². The van der Waals surface area contributed by atoms with Gasteiger partial charge < -0.3 is 5.32 Å². The largest absolute Gasteiger partial charge is 0.314 e. The molecule has 0 spiro atoms. The minimum Gasteiger partial charge on any atom is -0.314 e. The topological polar surface area (TPSA) is 58.4 Å². The summed E-state index contributed by atoms with van der Waals surface area (Å²) in [7, 11) is 0. The second-order valence-electron chi connectivity index (χ2n) is 6.63. The third-order valence-corrected chi connectivity index (χ3v) is 4.85. The van der Waals surface area contributed by atoms with Crippen molar-refractivity contribution in [3.63, 3.8) is 0 Å². The summed E-state index contributed by atoms with van der Waals surface area (Å²) >= 11 is 0. The fraction of sp³-hybridized carbons (Fsp3) is 0.400. The first-order chi connectivity index (χ1) is 12.2. The molecule has 1 fully saturated rings. The van der Waals surface area contributed by atoms with Crippen molar-refractivity contribution in [1.29, 1.82) is 0 Å². The predicted molar refractivity (Wildman–Crippen MR) is 114 cm³/mol. The maximum Gasteiger partial charge on any atom is 0.272 e. The first-order valence-corrected chi connectivity index (χ1v) is 8.94. The lowest BCUT2D eigenvalue weighted by Crippen LogP contribution is -2.42. The van der Waals surface area contributed by atoms with Gasteiger partial charge in [0.15, 0.2) is 0 Å². The lowest BCUT2D eigenvalue weighted by molar-refractivity contribution is -0.385. The zero-order valence-electron chi connectivity index (χ0n) is 15.3. The summed E-state index contributed by atoms with van der Waals surface area (Å²) in [4.78, 5) is 13.3. The Kier molecular flexibility index (Phi) is 10.3. The van der Waals surface area contributed by atoms with Crippen molar-refractivity contribution in [1.82, 2.24) is 10.2 Å². The third-order valence-electron chi connectivity index (χ3n) is 4.85. The molecule has 0 unspecified atom stereocenters. The van der Waals surface area contributed by atoms with E-state index in [1.54, 1.807) is 12.1 Å². The Balaban J connectivity index is 0.00000182. The van der Waals surface area contributed by atoms with Gasteiger partial charge in [-0.2, -0.15) is 0 Å². The Morgan fingerprint density at radius 1 is 1.00 bits per heavy atom. The van der Waals surface area contributed by atoms with Gasteiger partial charge in [-0.1, -0.05) is 48.5 Å². The number of piperidine rings is 1. The van der Waals surface area contributed by atoms with Crippen molar-refractivity contribution in [2.24, 2.45) is 0 Å². The van der Waals surface area contributed by atoms with Crippen LogP contribution in [0.1, 0.15) is 24.0 Å². The zero-order chi connectivity index (χ0) is 17.5. The number of benzene rings is 2. The smallest absolute Gasteiger partial charge is 0.272 e. The number of halogens is 2. The zero-order valence-corrected chi connectivity index (χ0v) is 16.9. The predicted octanol–water partition coefficient (Wildman–Crippen LogP) is 4.24. The quantitative estimate of drug-likeness (QED) is 0.546. The second-order valence-corrected chi connectivity index (χ2v) is 6.63. The minimum absolute atomic E-state index is 0. The van der Waals surface area contributed by atoms with E-state index in [1.165, 1.54) is 5.56 Å². The molecule has 0 atom stereocenters. The number of nitro benzene ring substituents is 1. The summed E-state index contributed by atoms with van der Waals surface area (Å²) in [6.07, 6.45) is 2.95. The summed E-state index contributed by atoms with van der Waals surface area (Å²) in [5, 5.41) is 14.6. The Bertz CT molecular complexity index is 693. The lowest BCUT2D eigenvalue weighted by Gasteiger charge is -2.32. The third kappa shape index (κ3) is 7.11. The monoisotopic (exact) mass is 411 g/mol. The number of para-hydroxylation sites is 1. The van der Waals surface area contributed by atoms with Gasteiger partial charge in [0.25, 0.3) is 5.69 Å². The molecule has 0 aliphatic carbocycles. The van der Waals surface area contributed by atoms with E-state index in [0.29, 0.717) is 12.5 Å². The molecule has 148 valence electrons. The van der Waals surface area contributed by atoms with E-state index in [0.717, 1.165) is 44.6 Å². The fourth-order valence-electron chi connectivity index (χ4n) is 3.45. The van der Waals surface area contributed by atoms with Gasteiger partial charge in [-0.25, -0.2) is 0 Å². The molecule has 1 heterocycles. The van der Waals surface area contributed by atoms with E-state index in [2.05, 4.69) is 40.5 Å². The normalized spacial score (nSPS) is 14.8. The molecule has 1 aliphatic heterocycles. The highest BCUT2D eigenvalue weighted by Crippen LogP contribution is 2.18. The maximum atomic E-state index is 11.1. The number of hydrogen-bond donors (Lipinski definition) is 1. The van der Waals surface area contributed by atoms with Crippen molar-refractivity contribution in [2.45, 2.75) is 31.8 Å². The van der Waals surface area contributed by atoms with Gasteiger partial charge in [-0.15, -0.1) is 24.8 Å². The summed E-state index contributed by atoms with van der Waals surface area (Å²) in [5.74, 6) is 0. The average molecular weight is 412 g/mol. The van der Waals surface area contributed by atoms with Crippen molar-refractivity contribution in [3.8, 4) is 0 Å². The molecular weight excluding hydrogens is 385 g/mol. The molecule has 2 aromatic carbocycles. The van der Waals surface area contributed by atoms with Crippen LogP contribution in [0.25, 0.3) is 0 Å². The van der Waals surface area contributed by atoms with Crippen LogP contribution in [0.15, 0.2) is 54.6 Å². The highest BCUT2D eigenvalue weighted by atomic mass is 35.5. The SMILES string of the molecule is Cl.Cl.O=[N+]([O-])c1ccccc1CCNC1CCN(Cc2ccccc2)CC1. The first-order valence-electron chi connectivity index (χ1n) is 8.94. The first kappa shape index (κ1) is 23.4.